The molecule has 3 nitrogen and oxygen atoms in total. The lowest BCUT2D eigenvalue weighted by molar-refractivity contribution is 0.199. The van der Waals surface area contributed by atoms with Crippen LogP contribution in [0.5, 0.6) is 0 Å². The van der Waals surface area contributed by atoms with Crippen LogP contribution in [0.15, 0.2) is 103 Å². The van der Waals surface area contributed by atoms with Gasteiger partial charge in [0, 0.05) is 16.5 Å². The van der Waals surface area contributed by atoms with E-state index in [0.29, 0.717) is 6.61 Å². The predicted octanol–water partition coefficient (Wildman–Crippen LogP) is 6.85. The van der Waals surface area contributed by atoms with Crippen LogP contribution in [-0.4, -0.2) is 9.67 Å². The molecule has 0 aliphatic carbocycles. The van der Waals surface area contributed by atoms with Crippen molar-refractivity contribution in [1.82, 2.24) is 4.57 Å². The van der Waals surface area contributed by atoms with E-state index in [0.717, 1.165) is 28.1 Å². The van der Waals surface area contributed by atoms with E-state index < -0.39 is 0 Å². The monoisotopic (exact) mass is 419 g/mol. The molecule has 4 aromatic carbocycles. The highest BCUT2D eigenvalue weighted by atomic mass is 16.5. The Bertz CT molecular complexity index is 1410. The van der Waals surface area contributed by atoms with Crippen LogP contribution in [0.2, 0.25) is 0 Å². The van der Waals surface area contributed by atoms with Crippen molar-refractivity contribution in [1.29, 1.82) is 0 Å². The highest BCUT2D eigenvalue weighted by Crippen LogP contribution is 2.33. The molecule has 0 unspecified atom stereocenters. The van der Waals surface area contributed by atoms with Gasteiger partial charge in [0.1, 0.15) is 6.61 Å². The first kappa shape index (κ1) is 20.1. The Kier molecular flexibility index (Phi) is 5.49. The first-order valence-electron chi connectivity index (χ1n) is 10.8. The molecule has 0 amide bonds. The number of aliphatic hydroxyl groups excluding tert-OH is 1. The second-order valence-electron chi connectivity index (χ2n) is 7.94. The summed E-state index contributed by atoms with van der Waals surface area (Å²) in [6, 6.07) is 33.4. The van der Waals surface area contributed by atoms with Crippen molar-refractivity contribution >= 4 is 27.9 Å². The standard InChI is InChI=1S/C29H25NO2/c1-21(32-20-24-10-6-5-9-23(24)19-31)17-22-15-16-29-27(18-22)26-13-7-8-14-28(26)30(29)25-11-3-2-4-12-25/h2-18,31H,19-20H2,1H3. The lowest BCUT2D eigenvalue weighted by atomic mass is 10.1. The second-order valence-corrected chi connectivity index (χ2v) is 7.94. The fourth-order valence-electron chi connectivity index (χ4n) is 4.26. The minimum Gasteiger partial charge on any atom is -0.494 e. The quantitative estimate of drug-likeness (QED) is 0.305. The Hall–Kier alpha value is -3.82. The van der Waals surface area contributed by atoms with E-state index in [1.165, 1.54) is 21.8 Å². The minimum absolute atomic E-state index is 0.0183. The molecule has 0 spiro atoms. The van der Waals surface area contributed by atoms with Gasteiger partial charge in [-0.2, -0.15) is 0 Å². The zero-order chi connectivity index (χ0) is 21.9. The van der Waals surface area contributed by atoms with Gasteiger partial charge in [-0.05, 0) is 60.0 Å². The molecule has 0 radical (unpaired) electrons. The first-order chi connectivity index (χ1) is 15.7. The molecule has 5 rings (SSSR count). The van der Waals surface area contributed by atoms with E-state index in [9.17, 15) is 5.11 Å². The summed E-state index contributed by atoms with van der Waals surface area (Å²) in [5.41, 5.74) is 6.54. The molecule has 0 saturated heterocycles. The number of aliphatic hydroxyl groups is 1. The third-order valence-corrected chi connectivity index (χ3v) is 5.83. The fourth-order valence-corrected chi connectivity index (χ4v) is 4.26. The van der Waals surface area contributed by atoms with Gasteiger partial charge in [-0.3, -0.25) is 0 Å². The molecule has 1 heterocycles. The van der Waals surface area contributed by atoms with Crippen molar-refractivity contribution in [2.45, 2.75) is 20.1 Å². The van der Waals surface area contributed by atoms with Gasteiger partial charge in [0.05, 0.1) is 23.4 Å². The van der Waals surface area contributed by atoms with Crippen LogP contribution in [0, 0.1) is 0 Å². The summed E-state index contributed by atoms with van der Waals surface area (Å²) in [5, 5.41) is 12.0. The van der Waals surface area contributed by atoms with Gasteiger partial charge in [0.25, 0.3) is 0 Å². The lowest BCUT2D eigenvalue weighted by Gasteiger charge is -2.10. The molecule has 1 aromatic heterocycles. The topological polar surface area (TPSA) is 34.4 Å². The predicted molar refractivity (Wildman–Crippen MR) is 132 cm³/mol. The van der Waals surface area contributed by atoms with Crippen LogP contribution in [0.1, 0.15) is 23.6 Å². The van der Waals surface area contributed by atoms with E-state index in [2.05, 4.69) is 77.4 Å². The van der Waals surface area contributed by atoms with Gasteiger partial charge >= 0.3 is 0 Å². The summed E-state index contributed by atoms with van der Waals surface area (Å²) >= 11 is 0. The van der Waals surface area contributed by atoms with Gasteiger partial charge in [0.15, 0.2) is 0 Å². The van der Waals surface area contributed by atoms with Crippen LogP contribution in [0.3, 0.4) is 0 Å². The van der Waals surface area contributed by atoms with Gasteiger partial charge in [0.2, 0.25) is 0 Å². The third-order valence-electron chi connectivity index (χ3n) is 5.83. The van der Waals surface area contributed by atoms with Crippen LogP contribution in [0.4, 0.5) is 0 Å². The molecule has 1 N–H and O–H groups in total. The molecule has 0 atom stereocenters. The molecule has 32 heavy (non-hydrogen) atoms. The van der Waals surface area contributed by atoms with Crippen molar-refractivity contribution in [2.24, 2.45) is 0 Å². The molecule has 0 aliphatic rings. The summed E-state index contributed by atoms with van der Waals surface area (Å²) < 4.78 is 8.31. The summed E-state index contributed by atoms with van der Waals surface area (Å²) in [6.45, 7) is 2.43. The molecule has 5 aromatic rings. The Labute approximate surface area is 187 Å². The molecule has 0 fully saturated rings. The number of nitrogens with zero attached hydrogens (tertiary/aromatic N) is 1. The SMILES string of the molecule is CC(=Cc1ccc2c(c1)c1ccccc1n2-c1ccccc1)OCc1ccccc1CO. The lowest BCUT2D eigenvalue weighted by Crippen LogP contribution is -1.97. The molecular weight excluding hydrogens is 394 g/mol. The highest BCUT2D eigenvalue weighted by molar-refractivity contribution is 6.09. The zero-order valence-electron chi connectivity index (χ0n) is 18.0. The maximum Gasteiger partial charge on any atom is 0.113 e. The van der Waals surface area contributed by atoms with Crippen molar-refractivity contribution in [3.05, 3.63) is 120 Å². The zero-order valence-corrected chi connectivity index (χ0v) is 18.0. The van der Waals surface area contributed by atoms with Crippen LogP contribution in [0.25, 0.3) is 33.6 Å². The van der Waals surface area contributed by atoms with Gasteiger partial charge < -0.3 is 14.4 Å². The van der Waals surface area contributed by atoms with Crippen molar-refractivity contribution in [3.8, 4) is 5.69 Å². The average molecular weight is 420 g/mol. The summed E-state index contributed by atoms with van der Waals surface area (Å²) in [7, 11) is 0. The van der Waals surface area contributed by atoms with E-state index in [4.69, 9.17) is 4.74 Å². The number of benzene rings is 4. The Morgan fingerprint density at radius 3 is 2.28 bits per heavy atom. The minimum atomic E-state index is 0.0183. The van der Waals surface area contributed by atoms with E-state index in [1.807, 2.05) is 37.3 Å². The second kappa shape index (κ2) is 8.74. The van der Waals surface area contributed by atoms with Crippen molar-refractivity contribution < 1.29 is 9.84 Å². The first-order valence-corrected chi connectivity index (χ1v) is 10.8. The van der Waals surface area contributed by atoms with E-state index >= 15 is 0 Å². The van der Waals surface area contributed by atoms with Crippen molar-refractivity contribution in [3.63, 3.8) is 0 Å². The Morgan fingerprint density at radius 1 is 0.781 bits per heavy atom. The summed E-state index contributed by atoms with van der Waals surface area (Å²) in [5.74, 6) is 0.837. The van der Waals surface area contributed by atoms with E-state index in [1.54, 1.807) is 0 Å². The van der Waals surface area contributed by atoms with Gasteiger partial charge in [-0.15, -0.1) is 0 Å². The maximum atomic E-state index is 9.52. The molecular formula is C29H25NO2. The third kappa shape index (κ3) is 3.79. The number of allylic oxidation sites excluding steroid dienone is 1. The molecule has 3 heteroatoms. The maximum absolute atomic E-state index is 9.52. The van der Waals surface area contributed by atoms with Crippen LogP contribution in [-0.2, 0) is 18.0 Å². The van der Waals surface area contributed by atoms with Gasteiger partial charge in [-0.1, -0.05) is 66.7 Å². The molecule has 0 aliphatic heterocycles. The number of para-hydroxylation sites is 2. The molecule has 0 saturated carbocycles. The number of rotatable bonds is 6. The highest BCUT2D eigenvalue weighted by Gasteiger charge is 2.12. The number of hydrogen-bond donors (Lipinski definition) is 1. The number of hydrogen-bond acceptors (Lipinski definition) is 2. The molecule has 0 bridgehead atoms. The van der Waals surface area contributed by atoms with Crippen molar-refractivity contribution in [2.75, 3.05) is 0 Å². The summed E-state index contributed by atoms with van der Waals surface area (Å²) in [4.78, 5) is 0. The van der Waals surface area contributed by atoms with Crippen LogP contribution >= 0.6 is 0 Å². The largest absolute Gasteiger partial charge is 0.494 e. The molecule has 158 valence electrons. The number of ether oxygens (including phenoxy) is 1. The van der Waals surface area contributed by atoms with Gasteiger partial charge in [-0.25, -0.2) is 0 Å². The fraction of sp³-hybridized carbons (Fsp3) is 0.103. The van der Waals surface area contributed by atoms with E-state index in [-0.39, 0.29) is 6.61 Å². The Morgan fingerprint density at radius 2 is 1.47 bits per heavy atom. The smallest absolute Gasteiger partial charge is 0.113 e. The van der Waals surface area contributed by atoms with Crippen LogP contribution < -0.4 is 0 Å². The average Bonchev–Trinajstić information content (AvgIpc) is 3.17. The summed E-state index contributed by atoms with van der Waals surface area (Å²) in [6.07, 6.45) is 2.07. The number of fused-ring (bicyclic) bond motifs is 3. The normalized spacial score (nSPS) is 11.9. The number of aromatic nitrogens is 1. The Balaban J connectivity index is 1.50.